The van der Waals surface area contributed by atoms with Crippen molar-refractivity contribution >= 4 is 11.7 Å². The van der Waals surface area contributed by atoms with Crippen LogP contribution in [0.5, 0.6) is 11.5 Å². The second-order valence-corrected chi connectivity index (χ2v) is 9.48. The Bertz CT molecular complexity index is 1250. The summed E-state index contributed by atoms with van der Waals surface area (Å²) in [6, 6.07) is 7.34. The number of aromatic nitrogens is 3. The topological polar surface area (TPSA) is 98.2 Å². The largest absolute Gasteiger partial charge is 0.486 e. The van der Waals surface area contributed by atoms with Gasteiger partial charge >= 0.3 is 6.09 Å². The van der Waals surface area contributed by atoms with Gasteiger partial charge in [0.25, 0.3) is 5.56 Å². The number of rotatable bonds is 2. The fourth-order valence-corrected chi connectivity index (χ4v) is 4.41. The smallest absolute Gasteiger partial charge is 0.410 e. The van der Waals surface area contributed by atoms with E-state index < -0.39 is 5.60 Å². The van der Waals surface area contributed by atoms with Gasteiger partial charge in [-0.15, -0.1) is 0 Å². The molecule has 174 valence electrons. The number of nitrogens with zero attached hydrogens (tertiary/aromatic N) is 3. The van der Waals surface area contributed by atoms with Gasteiger partial charge in [-0.1, -0.05) is 6.07 Å². The molecule has 0 spiro atoms. The van der Waals surface area contributed by atoms with Crippen molar-refractivity contribution in [2.75, 3.05) is 26.3 Å². The lowest BCUT2D eigenvalue weighted by molar-refractivity contribution is 0.0203. The van der Waals surface area contributed by atoms with Crippen LogP contribution >= 0.6 is 0 Å². The number of H-pyrrole nitrogens is 1. The quantitative estimate of drug-likeness (QED) is 0.638. The molecule has 1 fully saturated rings. The summed E-state index contributed by atoms with van der Waals surface area (Å²) in [6.45, 7) is 7.78. The number of likely N-dealkylation sites (tertiary alicyclic amines) is 1. The Morgan fingerprint density at radius 3 is 2.58 bits per heavy atom. The number of ether oxygens (including phenoxy) is 3. The van der Waals surface area contributed by atoms with Gasteiger partial charge in [-0.2, -0.15) is 5.10 Å². The van der Waals surface area contributed by atoms with Crippen LogP contribution in [0.4, 0.5) is 4.79 Å². The molecule has 3 aromatic rings. The summed E-state index contributed by atoms with van der Waals surface area (Å²) in [5.74, 6) is 1.51. The van der Waals surface area contributed by atoms with Crippen molar-refractivity contribution in [1.82, 2.24) is 19.5 Å². The number of amides is 1. The zero-order valence-electron chi connectivity index (χ0n) is 19.1. The van der Waals surface area contributed by atoms with Crippen LogP contribution in [0.25, 0.3) is 16.8 Å². The minimum atomic E-state index is -0.522. The number of nitrogens with one attached hydrogen (secondary N) is 1. The van der Waals surface area contributed by atoms with Crippen molar-refractivity contribution in [3.63, 3.8) is 0 Å². The molecule has 0 radical (unpaired) electrons. The first-order valence-corrected chi connectivity index (χ1v) is 11.3. The molecule has 33 heavy (non-hydrogen) atoms. The van der Waals surface area contributed by atoms with Gasteiger partial charge in [-0.25, -0.2) is 9.31 Å². The van der Waals surface area contributed by atoms with Crippen LogP contribution < -0.4 is 15.0 Å². The predicted molar refractivity (Wildman–Crippen MR) is 122 cm³/mol. The molecule has 1 aromatic carbocycles. The van der Waals surface area contributed by atoms with Crippen molar-refractivity contribution in [3.8, 4) is 22.6 Å². The molecule has 1 saturated heterocycles. The van der Waals surface area contributed by atoms with E-state index in [2.05, 4.69) is 10.1 Å². The Morgan fingerprint density at radius 1 is 1.12 bits per heavy atom. The zero-order chi connectivity index (χ0) is 23.2. The van der Waals surface area contributed by atoms with Gasteiger partial charge in [0.05, 0.1) is 11.9 Å². The lowest BCUT2D eigenvalue weighted by Crippen LogP contribution is -2.41. The number of hydrogen-bond donors (Lipinski definition) is 1. The van der Waals surface area contributed by atoms with E-state index in [9.17, 15) is 9.59 Å². The monoisotopic (exact) mass is 452 g/mol. The molecule has 0 unspecified atom stereocenters. The molecular formula is C24H28N4O5. The summed E-state index contributed by atoms with van der Waals surface area (Å²) in [6.07, 6.45) is 2.93. The maximum Gasteiger partial charge on any atom is 0.410 e. The third-order valence-electron chi connectivity index (χ3n) is 5.95. The molecule has 0 atom stereocenters. The highest BCUT2D eigenvalue weighted by atomic mass is 16.6. The van der Waals surface area contributed by atoms with Gasteiger partial charge in [0, 0.05) is 30.6 Å². The van der Waals surface area contributed by atoms with Crippen LogP contribution in [0, 0.1) is 0 Å². The van der Waals surface area contributed by atoms with Gasteiger partial charge < -0.3 is 24.1 Å². The van der Waals surface area contributed by atoms with E-state index in [1.165, 1.54) is 0 Å². The maximum absolute atomic E-state index is 12.6. The summed E-state index contributed by atoms with van der Waals surface area (Å²) in [4.78, 5) is 29.6. The minimum Gasteiger partial charge on any atom is -0.486 e. The first-order chi connectivity index (χ1) is 15.8. The normalized spacial score (nSPS) is 16.8. The predicted octanol–water partition coefficient (Wildman–Crippen LogP) is 3.58. The lowest BCUT2D eigenvalue weighted by Gasteiger charge is -2.33. The zero-order valence-corrected chi connectivity index (χ0v) is 19.1. The summed E-state index contributed by atoms with van der Waals surface area (Å²) < 4.78 is 18.6. The summed E-state index contributed by atoms with van der Waals surface area (Å²) in [5.41, 5.74) is 2.50. The van der Waals surface area contributed by atoms with Crippen molar-refractivity contribution < 1.29 is 19.0 Å². The first kappa shape index (κ1) is 21.4. The standard InChI is InChI=1S/C24H28N4O5/c1-24(2,3)33-23(30)27-8-6-15(7-9-27)18-13-21(29)26-22-17(14-25-28(18)22)16-4-5-19-20(12-16)32-11-10-31-19/h4-5,12-15H,6-11H2,1-3H3,(H,26,29). The summed E-state index contributed by atoms with van der Waals surface area (Å²) in [5, 5.41) is 4.60. The number of benzene rings is 1. The van der Waals surface area contributed by atoms with Crippen molar-refractivity contribution in [3.05, 3.63) is 46.5 Å². The molecule has 0 bridgehead atoms. The third kappa shape index (κ3) is 4.27. The molecule has 5 rings (SSSR count). The van der Waals surface area contributed by atoms with Crippen molar-refractivity contribution in [2.24, 2.45) is 0 Å². The van der Waals surface area contributed by atoms with Gasteiger partial charge in [0.2, 0.25) is 0 Å². The van der Waals surface area contributed by atoms with Crippen LogP contribution in [-0.4, -0.2) is 57.5 Å². The minimum absolute atomic E-state index is 0.113. The second-order valence-electron chi connectivity index (χ2n) is 9.48. The van der Waals surface area contributed by atoms with E-state index in [0.717, 1.165) is 29.7 Å². The van der Waals surface area contributed by atoms with Crippen molar-refractivity contribution in [2.45, 2.75) is 45.1 Å². The number of carbonyl (C=O) groups excluding carboxylic acids is 1. The Balaban J connectivity index is 1.41. The molecule has 2 aromatic heterocycles. The van der Waals surface area contributed by atoms with Crippen LogP contribution in [-0.2, 0) is 4.74 Å². The Morgan fingerprint density at radius 2 is 1.85 bits per heavy atom. The molecule has 9 nitrogen and oxygen atoms in total. The fourth-order valence-electron chi connectivity index (χ4n) is 4.41. The third-order valence-corrected chi connectivity index (χ3v) is 5.95. The van der Waals surface area contributed by atoms with Crippen LogP contribution in [0.2, 0.25) is 0 Å². The van der Waals surface area contributed by atoms with E-state index in [1.807, 2.05) is 39.0 Å². The Labute approximate surface area is 191 Å². The maximum atomic E-state index is 12.6. The van der Waals surface area contributed by atoms with Gasteiger partial charge in [0.15, 0.2) is 11.5 Å². The average molecular weight is 453 g/mol. The Kier molecular flexibility index (Phi) is 5.26. The second kappa shape index (κ2) is 8.13. The van der Waals surface area contributed by atoms with Gasteiger partial charge in [-0.3, -0.25) is 4.79 Å². The molecule has 2 aliphatic rings. The molecule has 2 aliphatic heterocycles. The number of piperidine rings is 1. The van der Waals surface area contributed by atoms with E-state index in [0.29, 0.717) is 43.4 Å². The van der Waals surface area contributed by atoms with E-state index in [-0.39, 0.29) is 17.6 Å². The van der Waals surface area contributed by atoms with Crippen LogP contribution in [0.3, 0.4) is 0 Å². The van der Waals surface area contributed by atoms with Gasteiger partial charge in [-0.05, 0) is 51.3 Å². The van der Waals surface area contributed by atoms with Crippen LogP contribution in [0.1, 0.15) is 45.2 Å². The van der Waals surface area contributed by atoms with Crippen LogP contribution in [0.15, 0.2) is 35.3 Å². The molecule has 0 aliphatic carbocycles. The van der Waals surface area contributed by atoms with Crippen molar-refractivity contribution in [1.29, 1.82) is 0 Å². The average Bonchev–Trinajstić information content (AvgIpc) is 3.21. The van der Waals surface area contributed by atoms with Gasteiger partial charge in [0.1, 0.15) is 24.5 Å². The fraction of sp³-hybridized carbons (Fsp3) is 0.458. The highest BCUT2D eigenvalue weighted by Crippen LogP contribution is 2.36. The number of hydrogen-bond acceptors (Lipinski definition) is 6. The first-order valence-electron chi connectivity index (χ1n) is 11.3. The lowest BCUT2D eigenvalue weighted by atomic mass is 9.93. The highest BCUT2D eigenvalue weighted by molar-refractivity contribution is 5.78. The number of fused-ring (bicyclic) bond motifs is 2. The number of carbonyl (C=O) groups is 1. The summed E-state index contributed by atoms with van der Waals surface area (Å²) in [7, 11) is 0. The Hall–Kier alpha value is -3.49. The highest BCUT2D eigenvalue weighted by Gasteiger charge is 2.29. The summed E-state index contributed by atoms with van der Waals surface area (Å²) >= 11 is 0. The molecule has 9 heteroatoms. The molecule has 0 saturated carbocycles. The molecule has 1 amide bonds. The van der Waals surface area contributed by atoms with E-state index >= 15 is 0 Å². The molecule has 4 heterocycles. The molecular weight excluding hydrogens is 424 g/mol. The van der Waals surface area contributed by atoms with E-state index in [1.54, 1.807) is 21.7 Å². The molecule has 1 N–H and O–H groups in total. The van der Waals surface area contributed by atoms with E-state index in [4.69, 9.17) is 14.2 Å². The SMILES string of the molecule is CC(C)(C)OC(=O)N1CCC(c2cc(=O)[nH]c3c(-c4ccc5c(c4)OCCO5)cnn23)CC1. The number of aromatic amines is 1.